The molecule has 0 N–H and O–H groups in total. The van der Waals surface area contributed by atoms with Crippen molar-refractivity contribution in [3.05, 3.63) is 17.4 Å². The number of hydrogen-bond donors (Lipinski definition) is 0. The third-order valence-corrected chi connectivity index (χ3v) is 2.35. The Balaban J connectivity index is 2.30. The van der Waals surface area contributed by atoms with Gasteiger partial charge < -0.3 is 0 Å². The average molecular weight is 141 g/mol. The Hall–Kier alpha value is -0.290. The zero-order chi connectivity index (χ0) is 6.53. The van der Waals surface area contributed by atoms with E-state index in [1.54, 1.807) is 0 Å². The summed E-state index contributed by atoms with van der Waals surface area (Å²) in [6, 6.07) is 0. The fourth-order valence-electron chi connectivity index (χ4n) is 0.779. The highest BCUT2D eigenvalue weighted by Crippen LogP contribution is 2.12. The summed E-state index contributed by atoms with van der Waals surface area (Å²) >= 11 is 0. The van der Waals surface area contributed by atoms with Gasteiger partial charge in [-0.15, -0.1) is 8.19 Å². The topological polar surface area (TPSA) is 12.9 Å². The Morgan fingerprint density at radius 2 is 2.56 bits per heavy atom. The van der Waals surface area contributed by atoms with Crippen LogP contribution < -0.4 is 0 Å². The summed E-state index contributed by atoms with van der Waals surface area (Å²) in [6.07, 6.45) is 5.71. The highest BCUT2D eigenvalue weighted by molar-refractivity contribution is 7.29. The van der Waals surface area contributed by atoms with E-state index in [0.29, 0.717) is 0 Å². The van der Waals surface area contributed by atoms with Gasteiger partial charge in [-0.3, -0.25) is 4.98 Å². The Labute approximate surface area is 57.6 Å². The minimum Gasteiger partial charge on any atom is -0.257 e. The first-order valence-corrected chi connectivity index (χ1v) is 4.49. The summed E-state index contributed by atoms with van der Waals surface area (Å²) in [6.45, 7) is 2.21. The smallest absolute Gasteiger partial charge is 0.0561 e. The van der Waals surface area contributed by atoms with Crippen LogP contribution in [0.15, 0.2) is 12.0 Å². The number of aromatic nitrogens is 1. The first-order chi connectivity index (χ1) is 4.43. The van der Waals surface area contributed by atoms with E-state index in [9.17, 15) is 0 Å². The molecular weight excluding hydrogens is 129 g/mol. The Morgan fingerprint density at radius 1 is 1.67 bits per heavy atom. The van der Waals surface area contributed by atoms with E-state index in [-0.39, 0.29) is 0 Å². The number of nitrogens with zero attached hydrogens (tertiary/aromatic N) is 1. The molecule has 0 aliphatic heterocycles. The second kappa shape index (κ2) is 3.68. The Kier molecular flexibility index (Phi) is 2.79. The van der Waals surface area contributed by atoms with Crippen LogP contribution in [0.5, 0.6) is 0 Å². The molecule has 1 rings (SSSR count). The van der Waals surface area contributed by atoms with Crippen molar-refractivity contribution in [3.8, 4) is 0 Å². The molecule has 0 aromatic carbocycles. The summed E-state index contributed by atoms with van der Waals surface area (Å²) in [5, 5.41) is 0. The van der Waals surface area contributed by atoms with Crippen LogP contribution in [-0.4, -0.2) is 4.98 Å². The lowest BCUT2D eigenvalue weighted by molar-refractivity contribution is 0.790. The molecule has 1 aromatic heterocycles. The molecule has 50 valence electrons. The molecule has 1 heterocycles. The summed E-state index contributed by atoms with van der Waals surface area (Å²) in [5.74, 6) is 2.14. The molecule has 0 radical (unpaired) electrons. The van der Waals surface area contributed by atoms with Crippen LogP contribution in [0.4, 0.5) is 0 Å². The molecule has 1 aromatic rings. The second-order valence-electron chi connectivity index (χ2n) is 2.14. The van der Waals surface area contributed by atoms with Crippen molar-refractivity contribution >= 4 is 8.19 Å². The molecule has 0 saturated heterocycles. The summed E-state index contributed by atoms with van der Waals surface area (Å²) in [4.78, 5) is 4.22. The average Bonchev–Trinajstić information content (AvgIpc) is 2.34. The molecule has 9 heavy (non-hydrogen) atoms. The van der Waals surface area contributed by atoms with E-state index in [1.807, 2.05) is 6.20 Å². The van der Waals surface area contributed by atoms with E-state index in [1.165, 1.54) is 24.7 Å². The lowest BCUT2D eigenvalue weighted by atomic mass is 10.3. The highest BCUT2D eigenvalue weighted by atomic mass is 31.0. The molecule has 0 aliphatic carbocycles. The molecule has 0 bridgehead atoms. The van der Waals surface area contributed by atoms with Gasteiger partial charge in [-0.2, -0.15) is 0 Å². The molecule has 2 heteroatoms. The van der Waals surface area contributed by atoms with Gasteiger partial charge in [0, 0.05) is 6.20 Å². The number of aryl methyl sites for hydroxylation is 1. The zero-order valence-electron chi connectivity index (χ0n) is 5.72. The lowest BCUT2D eigenvalue weighted by Crippen LogP contribution is -1.79. The molecule has 1 nitrogen and oxygen atoms in total. The summed E-state index contributed by atoms with van der Waals surface area (Å²) < 4.78 is 0. The predicted octanol–water partition coefficient (Wildman–Crippen LogP) is 2.46. The quantitative estimate of drug-likeness (QED) is 0.630. The largest absolute Gasteiger partial charge is 0.257 e. The van der Waals surface area contributed by atoms with E-state index in [0.717, 1.165) is 8.19 Å². The molecule has 0 fully saturated rings. The monoisotopic (exact) mass is 141 g/mol. The summed E-state index contributed by atoms with van der Waals surface area (Å²) in [7, 11) is 0.879. The van der Waals surface area contributed by atoms with Crippen LogP contribution in [0, 0.1) is 0 Å². The van der Waals surface area contributed by atoms with Crippen LogP contribution in [0.2, 0.25) is 0 Å². The maximum absolute atomic E-state index is 4.22. The van der Waals surface area contributed by atoms with Crippen molar-refractivity contribution < 1.29 is 0 Å². The third kappa shape index (κ3) is 2.19. The van der Waals surface area contributed by atoms with Crippen molar-refractivity contribution in [2.24, 2.45) is 0 Å². The molecule has 0 saturated carbocycles. The van der Waals surface area contributed by atoms with Gasteiger partial charge in [0.25, 0.3) is 0 Å². The van der Waals surface area contributed by atoms with Gasteiger partial charge >= 0.3 is 0 Å². The van der Waals surface area contributed by atoms with Gasteiger partial charge in [-0.05, 0) is 18.6 Å². The van der Waals surface area contributed by atoms with Crippen molar-refractivity contribution in [2.45, 2.75) is 26.2 Å². The third-order valence-electron chi connectivity index (χ3n) is 1.32. The van der Waals surface area contributed by atoms with Crippen LogP contribution in [0.25, 0.3) is 0 Å². The standard InChI is InChI=1S/C7H12NP/c1-2-3-4-7-8-5-6-9-7/h5-6,9H,2-4H2,1H3. The fraction of sp³-hybridized carbons (Fsp3) is 0.571. The highest BCUT2D eigenvalue weighted by Gasteiger charge is 1.90. The van der Waals surface area contributed by atoms with Crippen molar-refractivity contribution in [2.75, 3.05) is 0 Å². The molecular formula is C7H12NP. The second-order valence-corrected chi connectivity index (χ2v) is 3.34. The van der Waals surface area contributed by atoms with Crippen LogP contribution >= 0.6 is 8.19 Å². The minimum absolute atomic E-state index is 0.879. The number of rotatable bonds is 3. The van der Waals surface area contributed by atoms with Crippen molar-refractivity contribution in [3.63, 3.8) is 0 Å². The van der Waals surface area contributed by atoms with E-state index in [2.05, 4.69) is 17.7 Å². The summed E-state index contributed by atoms with van der Waals surface area (Å²) in [5.41, 5.74) is 1.39. The molecule has 0 amide bonds. The molecule has 1 unspecified atom stereocenters. The molecule has 1 atom stereocenters. The van der Waals surface area contributed by atoms with Gasteiger partial charge in [0.15, 0.2) is 0 Å². The van der Waals surface area contributed by atoms with Crippen LogP contribution in [-0.2, 0) is 6.42 Å². The van der Waals surface area contributed by atoms with Gasteiger partial charge in [-0.1, -0.05) is 13.3 Å². The van der Waals surface area contributed by atoms with Crippen LogP contribution in [0.1, 0.15) is 25.2 Å². The van der Waals surface area contributed by atoms with Gasteiger partial charge in [0.05, 0.1) is 5.43 Å². The fourth-order valence-corrected chi connectivity index (χ4v) is 1.59. The van der Waals surface area contributed by atoms with Gasteiger partial charge in [0.1, 0.15) is 0 Å². The Morgan fingerprint density at radius 3 is 3.11 bits per heavy atom. The van der Waals surface area contributed by atoms with Gasteiger partial charge in [-0.25, -0.2) is 0 Å². The normalized spacial score (nSPS) is 10.8. The van der Waals surface area contributed by atoms with Crippen LogP contribution in [0.3, 0.4) is 0 Å². The van der Waals surface area contributed by atoms with E-state index < -0.39 is 0 Å². The lowest BCUT2D eigenvalue weighted by Gasteiger charge is -1.90. The number of hydrogen-bond acceptors (Lipinski definition) is 1. The van der Waals surface area contributed by atoms with E-state index >= 15 is 0 Å². The SMILES string of the molecule is CCCCc1ncc[pH]1. The maximum atomic E-state index is 4.22. The van der Waals surface area contributed by atoms with Crippen molar-refractivity contribution in [1.82, 2.24) is 4.98 Å². The Bertz CT molecular complexity index is 146. The zero-order valence-corrected chi connectivity index (χ0v) is 6.72. The first-order valence-electron chi connectivity index (χ1n) is 3.41. The first kappa shape index (κ1) is 6.82. The number of unbranched alkanes of at least 4 members (excludes halogenated alkanes) is 1. The predicted molar refractivity (Wildman–Crippen MR) is 42.4 cm³/mol. The maximum Gasteiger partial charge on any atom is 0.0561 e. The van der Waals surface area contributed by atoms with E-state index in [4.69, 9.17) is 0 Å². The van der Waals surface area contributed by atoms with Crippen molar-refractivity contribution in [1.29, 1.82) is 0 Å². The van der Waals surface area contributed by atoms with Gasteiger partial charge in [0.2, 0.25) is 0 Å². The molecule has 0 spiro atoms. The minimum atomic E-state index is 0.879. The molecule has 0 aliphatic rings.